The minimum atomic E-state index is 0.106. The topological polar surface area (TPSA) is 47.0 Å². The van der Waals surface area contributed by atoms with Crippen LogP contribution in [-0.4, -0.2) is 22.6 Å². The van der Waals surface area contributed by atoms with Gasteiger partial charge in [-0.05, 0) is 43.3 Å². The summed E-state index contributed by atoms with van der Waals surface area (Å²) in [6.07, 6.45) is 1.57. The van der Waals surface area contributed by atoms with Gasteiger partial charge in [0.25, 0.3) is 0 Å². The van der Waals surface area contributed by atoms with Crippen LogP contribution in [0.1, 0.15) is 6.92 Å². The molecule has 0 bridgehead atoms. The van der Waals surface area contributed by atoms with Crippen molar-refractivity contribution < 1.29 is 4.74 Å². The van der Waals surface area contributed by atoms with E-state index in [2.05, 4.69) is 15.3 Å². The molecule has 0 radical (unpaired) electrons. The van der Waals surface area contributed by atoms with Crippen molar-refractivity contribution in [1.82, 2.24) is 9.97 Å². The van der Waals surface area contributed by atoms with Crippen LogP contribution in [0.3, 0.4) is 0 Å². The van der Waals surface area contributed by atoms with Gasteiger partial charge in [-0.25, -0.2) is 9.97 Å². The van der Waals surface area contributed by atoms with Gasteiger partial charge in [-0.15, -0.1) is 0 Å². The molecule has 3 aromatic rings. The van der Waals surface area contributed by atoms with Crippen molar-refractivity contribution in [1.29, 1.82) is 0 Å². The van der Waals surface area contributed by atoms with Crippen LogP contribution in [0.2, 0.25) is 5.02 Å². The van der Waals surface area contributed by atoms with Crippen LogP contribution in [0.25, 0.3) is 10.9 Å². The lowest BCUT2D eigenvalue weighted by atomic mass is 10.2. The molecule has 2 aromatic carbocycles. The van der Waals surface area contributed by atoms with E-state index >= 15 is 0 Å². The van der Waals surface area contributed by atoms with E-state index in [9.17, 15) is 0 Å². The van der Waals surface area contributed by atoms with Gasteiger partial charge < -0.3 is 10.1 Å². The van der Waals surface area contributed by atoms with E-state index in [4.69, 9.17) is 16.3 Å². The second kappa shape index (κ2) is 6.62. The number of ether oxygens (including phenoxy) is 1. The van der Waals surface area contributed by atoms with E-state index in [1.807, 2.05) is 55.5 Å². The Labute approximate surface area is 134 Å². The van der Waals surface area contributed by atoms with Gasteiger partial charge in [0.15, 0.2) is 0 Å². The second-order valence-electron chi connectivity index (χ2n) is 5.05. The number of hydrogen-bond acceptors (Lipinski definition) is 4. The number of aromatic nitrogens is 2. The summed E-state index contributed by atoms with van der Waals surface area (Å²) in [6, 6.07) is 15.4. The molecule has 5 heteroatoms. The first-order valence-corrected chi connectivity index (χ1v) is 7.45. The molecule has 1 heterocycles. The lowest BCUT2D eigenvalue weighted by molar-refractivity contribution is 0.304. The van der Waals surface area contributed by atoms with Crippen LogP contribution in [0, 0.1) is 0 Å². The Morgan fingerprint density at radius 3 is 2.68 bits per heavy atom. The minimum Gasteiger partial charge on any atom is -0.491 e. The SMILES string of the molecule is CC(COc1ccc(Cl)cc1)Nc1ncnc2ccccc12. The molecule has 0 fully saturated rings. The normalized spacial score (nSPS) is 12.1. The fraction of sp³-hybridized carbons (Fsp3) is 0.176. The molecule has 0 aliphatic rings. The van der Waals surface area contributed by atoms with E-state index in [1.54, 1.807) is 6.33 Å². The molecule has 1 unspecified atom stereocenters. The van der Waals surface area contributed by atoms with Crippen molar-refractivity contribution in [3.8, 4) is 5.75 Å². The van der Waals surface area contributed by atoms with Crippen molar-refractivity contribution in [2.24, 2.45) is 0 Å². The summed E-state index contributed by atoms with van der Waals surface area (Å²) in [7, 11) is 0. The van der Waals surface area contributed by atoms with E-state index in [0.29, 0.717) is 11.6 Å². The molecule has 0 amide bonds. The Hall–Kier alpha value is -2.33. The highest BCUT2D eigenvalue weighted by Crippen LogP contribution is 2.20. The highest BCUT2D eigenvalue weighted by atomic mass is 35.5. The zero-order valence-electron chi connectivity index (χ0n) is 12.2. The molecule has 0 spiro atoms. The summed E-state index contributed by atoms with van der Waals surface area (Å²) in [4.78, 5) is 8.57. The molecule has 0 aliphatic carbocycles. The molecule has 22 heavy (non-hydrogen) atoms. The van der Waals surface area contributed by atoms with Gasteiger partial charge in [0.1, 0.15) is 24.5 Å². The largest absolute Gasteiger partial charge is 0.491 e. The van der Waals surface area contributed by atoms with Crippen LogP contribution in [-0.2, 0) is 0 Å². The lowest BCUT2D eigenvalue weighted by Gasteiger charge is -2.16. The molecule has 0 saturated carbocycles. The first-order chi connectivity index (χ1) is 10.7. The molecule has 3 rings (SSSR count). The molecular formula is C17H16ClN3O. The third kappa shape index (κ3) is 3.46. The number of hydrogen-bond donors (Lipinski definition) is 1. The van der Waals surface area contributed by atoms with Crippen molar-refractivity contribution in [3.05, 3.63) is 59.9 Å². The zero-order valence-corrected chi connectivity index (χ0v) is 12.9. The molecule has 4 nitrogen and oxygen atoms in total. The van der Waals surface area contributed by atoms with E-state index in [-0.39, 0.29) is 6.04 Å². The lowest BCUT2D eigenvalue weighted by Crippen LogP contribution is -2.24. The number of nitrogens with one attached hydrogen (secondary N) is 1. The van der Waals surface area contributed by atoms with Gasteiger partial charge in [0.2, 0.25) is 0 Å². The van der Waals surface area contributed by atoms with Gasteiger partial charge >= 0.3 is 0 Å². The zero-order chi connectivity index (χ0) is 15.4. The van der Waals surface area contributed by atoms with Crippen LogP contribution < -0.4 is 10.1 Å². The Bertz CT molecular complexity index is 756. The molecule has 0 aliphatic heterocycles. The number of benzene rings is 2. The second-order valence-corrected chi connectivity index (χ2v) is 5.49. The highest BCUT2D eigenvalue weighted by molar-refractivity contribution is 6.30. The number of para-hydroxylation sites is 1. The van der Waals surface area contributed by atoms with Crippen LogP contribution in [0.4, 0.5) is 5.82 Å². The van der Waals surface area contributed by atoms with Crippen molar-refractivity contribution >= 4 is 28.3 Å². The monoisotopic (exact) mass is 313 g/mol. The smallest absolute Gasteiger partial charge is 0.137 e. The number of halogens is 1. The average Bonchev–Trinajstić information content (AvgIpc) is 2.55. The first-order valence-electron chi connectivity index (χ1n) is 7.07. The van der Waals surface area contributed by atoms with Gasteiger partial charge in [-0.2, -0.15) is 0 Å². The molecule has 1 atom stereocenters. The highest BCUT2D eigenvalue weighted by Gasteiger charge is 2.08. The summed E-state index contributed by atoms with van der Waals surface area (Å²) >= 11 is 5.86. The minimum absolute atomic E-state index is 0.106. The van der Waals surface area contributed by atoms with Crippen LogP contribution in [0.5, 0.6) is 5.75 Å². The van der Waals surface area contributed by atoms with E-state index in [0.717, 1.165) is 22.5 Å². The average molecular weight is 314 g/mol. The van der Waals surface area contributed by atoms with Crippen molar-refractivity contribution in [2.45, 2.75) is 13.0 Å². The van der Waals surface area contributed by atoms with E-state index in [1.165, 1.54) is 0 Å². The maximum absolute atomic E-state index is 5.86. The Balaban J connectivity index is 1.65. The molecular weight excluding hydrogens is 298 g/mol. The standard InChI is InChI=1S/C17H16ClN3O/c1-12(10-22-14-8-6-13(18)7-9-14)21-17-15-4-2-3-5-16(15)19-11-20-17/h2-9,11-12H,10H2,1H3,(H,19,20,21). The number of anilines is 1. The maximum atomic E-state index is 5.86. The maximum Gasteiger partial charge on any atom is 0.137 e. The predicted molar refractivity (Wildman–Crippen MR) is 89.6 cm³/mol. The Kier molecular flexibility index (Phi) is 4.39. The van der Waals surface area contributed by atoms with Gasteiger partial charge in [-0.3, -0.25) is 0 Å². The number of rotatable bonds is 5. The molecule has 0 saturated heterocycles. The molecule has 1 N–H and O–H groups in total. The van der Waals surface area contributed by atoms with Crippen LogP contribution >= 0.6 is 11.6 Å². The summed E-state index contributed by atoms with van der Waals surface area (Å²) in [5, 5.41) is 5.07. The quantitative estimate of drug-likeness (QED) is 0.768. The molecule has 1 aromatic heterocycles. The number of fused-ring (bicyclic) bond motifs is 1. The molecule has 112 valence electrons. The fourth-order valence-corrected chi connectivity index (χ4v) is 2.27. The summed E-state index contributed by atoms with van der Waals surface area (Å²) in [5.41, 5.74) is 0.922. The summed E-state index contributed by atoms with van der Waals surface area (Å²) < 4.78 is 5.74. The van der Waals surface area contributed by atoms with E-state index < -0.39 is 0 Å². The third-order valence-electron chi connectivity index (χ3n) is 3.24. The van der Waals surface area contributed by atoms with Crippen molar-refractivity contribution in [2.75, 3.05) is 11.9 Å². The van der Waals surface area contributed by atoms with Gasteiger partial charge in [0, 0.05) is 10.4 Å². The summed E-state index contributed by atoms with van der Waals surface area (Å²) in [5.74, 6) is 1.61. The predicted octanol–water partition coefficient (Wildman–Crippen LogP) is 4.16. The Morgan fingerprint density at radius 1 is 1.09 bits per heavy atom. The Morgan fingerprint density at radius 2 is 1.86 bits per heavy atom. The third-order valence-corrected chi connectivity index (χ3v) is 3.49. The van der Waals surface area contributed by atoms with Gasteiger partial charge in [-0.1, -0.05) is 23.7 Å². The first kappa shape index (κ1) is 14.6. The van der Waals surface area contributed by atoms with Gasteiger partial charge in [0.05, 0.1) is 11.6 Å². The van der Waals surface area contributed by atoms with Crippen molar-refractivity contribution in [3.63, 3.8) is 0 Å². The van der Waals surface area contributed by atoms with Crippen LogP contribution in [0.15, 0.2) is 54.9 Å². The fourth-order valence-electron chi connectivity index (χ4n) is 2.15. The number of nitrogens with zero attached hydrogens (tertiary/aromatic N) is 2. The summed E-state index contributed by atoms with van der Waals surface area (Å²) in [6.45, 7) is 2.58.